The summed E-state index contributed by atoms with van der Waals surface area (Å²) in [5.41, 5.74) is 0.595. The highest BCUT2D eigenvalue weighted by molar-refractivity contribution is 9.10. The molecule has 1 amide bonds. The molecule has 0 radical (unpaired) electrons. The first-order chi connectivity index (χ1) is 8.87. The topological polar surface area (TPSA) is 42.4 Å². The highest BCUT2D eigenvalue weighted by Gasteiger charge is 2.33. The Morgan fingerprint density at radius 3 is 2.84 bits per heavy atom. The van der Waals surface area contributed by atoms with E-state index in [1.165, 1.54) is 0 Å². The normalized spacial score (nSPS) is 19.6. The summed E-state index contributed by atoms with van der Waals surface area (Å²) in [5, 5.41) is 0. The molecular formula is C14H19BrN2O2. The monoisotopic (exact) mass is 326 g/mol. The third-order valence-corrected chi connectivity index (χ3v) is 3.43. The zero-order chi connectivity index (χ0) is 14.0. The zero-order valence-corrected chi connectivity index (χ0v) is 13.1. The Morgan fingerprint density at radius 1 is 1.47 bits per heavy atom. The van der Waals surface area contributed by atoms with Crippen LogP contribution in [0.2, 0.25) is 0 Å². The van der Waals surface area contributed by atoms with Crippen LogP contribution >= 0.6 is 15.9 Å². The standard InChI is InChI=1S/C14H19BrN2O2/c1-14(2,3)19-13(18)17-6-4-5-12(17)10-7-11(15)9-16-8-10/h7-9,12H,4-6H2,1-3H3/t12-/m1/s1. The second-order valence-corrected chi connectivity index (χ2v) is 6.68. The second-order valence-electron chi connectivity index (χ2n) is 5.77. The van der Waals surface area contributed by atoms with Crippen molar-refractivity contribution >= 4 is 22.0 Å². The summed E-state index contributed by atoms with van der Waals surface area (Å²) >= 11 is 3.42. The molecule has 19 heavy (non-hydrogen) atoms. The fourth-order valence-corrected chi connectivity index (χ4v) is 2.65. The van der Waals surface area contributed by atoms with Crippen LogP contribution in [0, 0.1) is 0 Å². The lowest BCUT2D eigenvalue weighted by atomic mass is 10.1. The van der Waals surface area contributed by atoms with Crippen LogP contribution in [0.15, 0.2) is 22.9 Å². The van der Waals surface area contributed by atoms with Gasteiger partial charge in [-0.15, -0.1) is 0 Å². The number of hydrogen-bond acceptors (Lipinski definition) is 3. The van der Waals surface area contributed by atoms with Crippen molar-refractivity contribution in [1.29, 1.82) is 0 Å². The molecule has 0 aliphatic carbocycles. The van der Waals surface area contributed by atoms with Crippen molar-refractivity contribution in [3.63, 3.8) is 0 Å². The zero-order valence-electron chi connectivity index (χ0n) is 11.5. The average Bonchev–Trinajstić information content (AvgIpc) is 2.75. The number of pyridine rings is 1. The Labute approximate surface area is 122 Å². The van der Waals surface area contributed by atoms with Gasteiger partial charge in [0.15, 0.2) is 0 Å². The summed E-state index contributed by atoms with van der Waals surface area (Å²) in [5.74, 6) is 0. The minimum atomic E-state index is -0.459. The van der Waals surface area contributed by atoms with Crippen LogP contribution in [0.3, 0.4) is 0 Å². The minimum absolute atomic E-state index is 0.0693. The summed E-state index contributed by atoms with van der Waals surface area (Å²) in [4.78, 5) is 18.2. The fraction of sp³-hybridized carbons (Fsp3) is 0.571. The first-order valence-electron chi connectivity index (χ1n) is 6.47. The number of halogens is 1. The van der Waals surface area contributed by atoms with Crippen molar-refractivity contribution in [1.82, 2.24) is 9.88 Å². The molecule has 104 valence electrons. The van der Waals surface area contributed by atoms with Crippen LogP contribution in [-0.2, 0) is 4.74 Å². The van der Waals surface area contributed by atoms with Crippen molar-refractivity contribution < 1.29 is 9.53 Å². The third-order valence-electron chi connectivity index (χ3n) is 2.99. The van der Waals surface area contributed by atoms with E-state index in [0.717, 1.165) is 29.4 Å². The van der Waals surface area contributed by atoms with Gasteiger partial charge in [-0.1, -0.05) is 0 Å². The van der Waals surface area contributed by atoms with Gasteiger partial charge in [-0.3, -0.25) is 4.98 Å². The van der Waals surface area contributed by atoms with E-state index in [-0.39, 0.29) is 12.1 Å². The number of aromatic nitrogens is 1. The number of rotatable bonds is 1. The molecule has 2 heterocycles. The van der Waals surface area contributed by atoms with Crippen LogP contribution in [-0.4, -0.2) is 28.1 Å². The van der Waals surface area contributed by atoms with Crippen LogP contribution in [0.1, 0.15) is 45.2 Å². The smallest absolute Gasteiger partial charge is 0.410 e. The number of carbonyl (C=O) groups is 1. The lowest BCUT2D eigenvalue weighted by Crippen LogP contribution is -2.36. The number of likely N-dealkylation sites (tertiary alicyclic amines) is 1. The maximum atomic E-state index is 12.2. The van der Waals surface area contributed by atoms with E-state index in [9.17, 15) is 4.79 Å². The van der Waals surface area contributed by atoms with Crippen LogP contribution in [0.4, 0.5) is 4.79 Å². The number of nitrogens with zero attached hydrogens (tertiary/aromatic N) is 2. The molecule has 1 aliphatic rings. The quantitative estimate of drug-likeness (QED) is 0.785. The van der Waals surface area contributed by atoms with E-state index in [2.05, 4.69) is 20.9 Å². The molecule has 0 spiro atoms. The van der Waals surface area contributed by atoms with Gasteiger partial charge in [0.1, 0.15) is 5.60 Å². The van der Waals surface area contributed by atoms with E-state index in [1.807, 2.05) is 33.0 Å². The minimum Gasteiger partial charge on any atom is -0.444 e. The van der Waals surface area contributed by atoms with Gasteiger partial charge in [0.05, 0.1) is 6.04 Å². The van der Waals surface area contributed by atoms with Gasteiger partial charge >= 0.3 is 6.09 Å². The molecule has 1 aromatic rings. The van der Waals surface area contributed by atoms with Gasteiger partial charge in [0, 0.05) is 23.4 Å². The maximum Gasteiger partial charge on any atom is 0.410 e. The average molecular weight is 327 g/mol. The van der Waals surface area contributed by atoms with E-state index in [4.69, 9.17) is 4.74 Å². The van der Waals surface area contributed by atoms with Gasteiger partial charge in [-0.05, 0) is 61.2 Å². The van der Waals surface area contributed by atoms with Crippen LogP contribution < -0.4 is 0 Å². The number of ether oxygens (including phenoxy) is 1. The number of amides is 1. The molecule has 0 bridgehead atoms. The van der Waals surface area contributed by atoms with E-state index < -0.39 is 5.60 Å². The number of carbonyl (C=O) groups excluding carboxylic acids is 1. The Morgan fingerprint density at radius 2 is 2.21 bits per heavy atom. The summed E-state index contributed by atoms with van der Waals surface area (Å²) in [6, 6.07) is 2.08. The largest absolute Gasteiger partial charge is 0.444 e. The van der Waals surface area contributed by atoms with Gasteiger partial charge in [-0.2, -0.15) is 0 Å². The van der Waals surface area contributed by atoms with E-state index >= 15 is 0 Å². The second kappa shape index (κ2) is 5.49. The Bertz CT molecular complexity index is 471. The molecule has 5 heteroatoms. The van der Waals surface area contributed by atoms with Gasteiger partial charge < -0.3 is 9.64 Å². The summed E-state index contributed by atoms with van der Waals surface area (Å²) in [6.07, 6.45) is 5.28. The van der Waals surface area contributed by atoms with Crippen LogP contribution in [0.5, 0.6) is 0 Å². The molecule has 1 saturated heterocycles. The van der Waals surface area contributed by atoms with Crippen molar-refractivity contribution in [3.05, 3.63) is 28.5 Å². The van der Waals surface area contributed by atoms with Gasteiger partial charge in [-0.25, -0.2) is 4.79 Å². The highest BCUT2D eigenvalue weighted by atomic mass is 79.9. The SMILES string of the molecule is CC(C)(C)OC(=O)N1CCC[C@@H]1c1cncc(Br)c1. The Kier molecular flexibility index (Phi) is 4.13. The van der Waals surface area contributed by atoms with Crippen molar-refractivity contribution in [2.75, 3.05) is 6.54 Å². The maximum absolute atomic E-state index is 12.2. The molecule has 1 aromatic heterocycles. The summed E-state index contributed by atoms with van der Waals surface area (Å²) in [7, 11) is 0. The molecule has 1 fully saturated rings. The lowest BCUT2D eigenvalue weighted by Gasteiger charge is -2.28. The third kappa shape index (κ3) is 3.69. The molecule has 4 nitrogen and oxygen atoms in total. The first-order valence-corrected chi connectivity index (χ1v) is 7.26. The molecule has 1 aliphatic heterocycles. The molecule has 0 aromatic carbocycles. The van der Waals surface area contributed by atoms with Gasteiger partial charge in [0.25, 0.3) is 0 Å². The Hall–Kier alpha value is -1.10. The lowest BCUT2D eigenvalue weighted by molar-refractivity contribution is 0.0224. The molecule has 0 saturated carbocycles. The predicted octanol–water partition coefficient (Wildman–Crippen LogP) is 3.92. The summed E-state index contributed by atoms with van der Waals surface area (Å²) < 4.78 is 6.39. The fourth-order valence-electron chi connectivity index (χ4n) is 2.26. The van der Waals surface area contributed by atoms with E-state index in [0.29, 0.717) is 0 Å². The Balaban J connectivity index is 2.15. The molecule has 0 unspecified atom stereocenters. The predicted molar refractivity (Wildman–Crippen MR) is 76.9 cm³/mol. The molecular weight excluding hydrogens is 308 g/mol. The van der Waals surface area contributed by atoms with E-state index in [1.54, 1.807) is 11.1 Å². The van der Waals surface area contributed by atoms with Gasteiger partial charge in [0.2, 0.25) is 0 Å². The first kappa shape index (κ1) is 14.3. The molecule has 1 atom stereocenters. The van der Waals surface area contributed by atoms with Crippen molar-refractivity contribution in [2.45, 2.75) is 45.3 Å². The van der Waals surface area contributed by atoms with Crippen LogP contribution in [0.25, 0.3) is 0 Å². The molecule has 0 N–H and O–H groups in total. The number of hydrogen-bond donors (Lipinski definition) is 0. The highest BCUT2D eigenvalue weighted by Crippen LogP contribution is 2.33. The van der Waals surface area contributed by atoms with Crippen molar-refractivity contribution in [3.8, 4) is 0 Å². The van der Waals surface area contributed by atoms with Crippen molar-refractivity contribution in [2.24, 2.45) is 0 Å². The molecule has 2 rings (SSSR count). The summed E-state index contributed by atoms with van der Waals surface area (Å²) in [6.45, 7) is 6.40.